The van der Waals surface area contributed by atoms with E-state index in [-0.39, 0.29) is 17.9 Å². The fourth-order valence-electron chi connectivity index (χ4n) is 2.59. The standard InChI is InChI=1S/C15H22N2O/c1-15(2,10-17-9-14(16)18)13-7-6-11-4-3-5-12(11)8-13/h6-8,17H,3-5,9-10H2,1-2H3,(H2,16,18). The first-order valence-electron chi connectivity index (χ1n) is 6.60. The average molecular weight is 246 g/mol. The Kier molecular flexibility index (Phi) is 3.71. The first-order valence-corrected chi connectivity index (χ1v) is 6.60. The molecule has 1 aromatic carbocycles. The molecule has 0 atom stereocenters. The van der Waals surface area contributed by atoms with Gasteiger partial charge in [-0.15, -0.1) is 0 Å². The van der Waals surface area contributed by atoms with Crippen molar-refractivity contribution in [2.75, 3.05) is 13.1 Å². The van der Waals surface area contributed by atoms with Crippen LogP contribution >= 0.6 is 0 Å². The Morgan fingerprint density at radius 2 is 2.06 bits per heavy atom. The normalized spacial score (nSPS) is 14.6. The molecule has 0 saturated heterocycles. The van der Waals surface area contributed by atoms with Crippen LogP contribution in [0.2, 0.25) is 0 Å². The molecule has 1 aliphatic carbocycles. The summed E-state index contributed by atoms with van der Waals surface area (Å²) in [6, 6.07) is 6.80. The minimum atomic E-state index is -0.306. The molecule has 2 rings (SSSR count). The number of nitrogens with two attached hydrogens (primary N) is 1. The smallest absolute Gasteiger partial charge is 0.231 e. The number of nitrogens with one attached hydrogen (secondary N) is 1. The zero-order chi connectivity index (χ0) is 13.2. The van der Waals surface area contributed by atoms with Gasteiger partial charge in [-0.3, -0.25) is 4.79 Å². The molecule has 0 heterocycles. The van der Waals surface area contributed by atoms with Gasteiger partial charge < -0.3 is 11.1 Å². The lowest BCUT2D eigenvalue weighted by Gasteiger charge is -2.26. The van der Waals surface area contributed by atoms with Crippen LogP contribution in [-0.4, -0.2) is 19.0 Å². The zero-order valence-corrected chi connectivity index (χ0v) is 11.3. The van der Waals surface area contributed by atoms with Gasteiger partial charge in [-0.25, -0.2) is 0 Å². The van der Waals surface area contributed by atoms with Crippen LogP contribution in [0.5, 0.6) is 0 Å². The largest absolute Gasteiger partial charge is 0.369 e. The monoisotopic (exact) mass is 246 g/mol. The van der Waals surface area contributed by atoms with E-state index in [9.17, 15) is 4.79 Å². The Balaban J connectivity index is 2.07. The zero-order valence-electron chi connectivity index (χ0n) is 11.3. The number of amides is 1. The highest BCUT2D eigenvalue weighted by Gasteiger charge is 2.22. The molecule has 1 aliphatic rings. The van der Waals surface area contributed by atoms with E-state index in [4.69, 9.17) is 5.73 Å². The third kappa shape index (κ3) is 2.91. The Bertz CT molecular complexity index is 452. The van der Waals surface area contributed by atoms with E-state index in [1.54, 1.807) is 0 Å². The van der Waals surface area contributed by atoms with Crippen molar-refractivity contribution >= 4 is 5.91 Å². The summed E-state index contributed by atoms with van der Waals surface area (Å²) >= 11 is 0. The molecule has 0 spiro atoms. The molecule has 0 bridgehead atoms. The second kappa shape index (κ2) is 5.11. The number of carbonyl (C=O) groups excluding carboxylic acids is 1. The molecule has 1 amide bonds. The summed E-state index contributed by atoms with van der Waals surface area (Å²) in [5.41, 5.74) is 9.48. The van der Waals surface area contributed by atoms with Gasteiger partial charge in [-0.2, -0.15) is 0 Å². The van der Waals surface area contributed by atoms with E-state index in [0.29, 0.717) is 0 Å². The predicted octanol–water partition coefficient (Wildman–Crippen LogP) is 1.53. The van der Waals surface area contributed by atoms with Gasteiger partial charge in [0, 0.05) is 12.0 Å². The fourth-order valence-corrected chi connectivity index (χ4v) is 2.59. The Hall–Kier alpha value is -1.35. The van der Waals surface area contributed by atoms with Crippen LogP contribution in [0.15, 0.2) is 18.2 Å². The van der Waals surface area contributed by atoms with Gasteiger partial charge in [0.05, 0.1) is 6.54 Å². The van der Waals surface area contributed by atoms with Crippen LogP contribution in [0.3, 0.4) is 0 Å². The summed E-state index contributed by atoms with van der Waals surface area (Å²) in [6.07, 6.45) is 3.70. The molecule has 3 nitrogen and oxygen atoms in total. The highest BCUT2D eigenvalue weighted by Crippen LogP contribution is 2.29. The molecular weight excluding hydrogens is 224 g/mol. The minimum absolute atomic E-state index is 0.0209. The van der Waals surface area contributed by atoms with Crippen molar-refractivity contribution in [2.45, 2.75) is 38.5 Å². The first kappa shape index (κ1) is 13.1. The molecule has 0 radical (unpaired) electrons. The summed E-state index contributed by atoms with van der Waals surface area (Å²) in [6.45, 7) is 5.39. The number of aryl methyl sites for hydroxylation is 2. The van der Waals surface area contributed by atoms with Crippen LogP contribution < -0.4 is 11.1 Å². The van der Waals surface area contributed by atoms with E-state index < -0.39 is 0 Å². The first-order chi connectivity index (χ1) is 8.49. The highest BCUT2D eigenvalue weighted by atomic mass is 16.1. The topological polar surface area (TPSA) is 55.1 Å². The number of hydrogen-bond donors (Lipinski definition) is 2. The van der Waals surface area contributed by atoms with Crippen molar-refractivity contribution in [2.24, 2.45) is 5.73 Å². The van der Waals surface area contributed by atoms with Crippen molar-refractivity contribution in [1.82, 2.24) is 5.32 Å². The van der Waals surface area contributed by atoms with Gasteiger partial charge >= 0.3 is 0 Å². The van der Waals surface area contributed by atoms with Crippen molar-refractivity contribution < 1.29 is 4.79 Å². The second-order valence-electron chi connectivity index (χ2n) is 5.79. The van der Waals surface area contributed by atoms with Crippen LogP contribution in [0.4, 0.5) is 0 Å². The Morgan fingerprint density at radius 1 is 1.33 bits per heavy atom. The van der Waals surface area contributed by atoms with E-state index >= 15 is 0 Å². The fraction of sp³-hybridized carbons (Fsp3) is 0.533. The van der Waals surface area contributed by atoms with Gasteiger partial charge in [0.2, 0.25) is 5.91 Å². The lowest BCUT2D eigenvalue weighted by Crippen LogP contribution is -2.37. The van der Waals surface area contributed by atoms with E-state index in [1.165, 1.54) is 36.0 Å². The number of rotatable bonds is 5. The molecule has 98 valence electrons. The number of hydrogen-bond acceptors (Lipinski definition) is 2. The van der Waals surface area contributed by atoms with Gasteiger partial charge in [0.15, 0.2) is 0 Å². The summed E-state index contributed by atoms with van der Waals surface area (Å²) in [4.78, 5) is 10.7. The second-order valence-corrected chi connectivity index (χ2v) is 5.79. The van der Waals surface area contributed by atoms with Crippen molar-refractivity contribution in [3.05, 3.63) is 34.9 Å². The molecule has 3 N–H and O–H groups in total. The summed E-state index contributed by atoms with van der Waals surface area (Å²) in [5, 5.41) is 3.12. The van der Waals surface area contributed by atoms with Gasteiger partial charge in [-0.1, -0.05) is 32.0 Å². The lowest BCUT2D eigenvalue weighted by molar-refractivity contribution is -0.117. The molecule has 0 saturated carbocycles. The molecule has 0 aromatic heterocycles. The maximum Gasteiger partial charge on any atom is 0.231 e. The SMILES string of the molecule is CC(C)(CNCC(N)=O)c1ccc2c(c1)CCC2. The van der Waals surface area contributed by atoms with Crippen LogP contribution in [0.25, 0.3) is 0 Å². The predicted molar refractivity (Wildman–Crippen MR) is 73.6 cm³/mol. The minimum Gasteiger partial charge on any atom is -0.369 e. The number of benzene rings is 1. The van der Waals surface area contributed by atoms with Crippen LogP contribution in [-0.2, 0) is 23.1 Å². The van der Waals surface area contributed by atoms with Crippen LogP contribution in [0, 0.1) is 0 Å². The molecule has 18 heavy (non-hydrogen) atoms. The third-order valence-electron chi connectivity index (χ3n) is 3.75. The van der Waals surface area contributed by atoms with Crippen LogP contribution in [0.1, 0.15) is 37.0 Å². The van der Waals surface area contributed by atoms with E-state index in [0.717, 1.165) is 6.54 Å². The molecule has 0 aliphatic heterocycles. The highest BCUT2D eigenvalue weighted by molar-refractivity contribution is 5.75. The molecular formula is C15H22N2O. The number of carbonyl (C=O) groups is 1. The van der Waals surface area contributed by atoms with Gasteiger partial charge in [-0.05, 0) is 36.0 Å². The maximum atomic E-state index is 10.7. The Labute approximate surface area is 109 Å². The summed E-state index contributed by atoms with van der Waals surface area (Å²) in [7, 11) is 0. The summed E-state index contributed by atoms with van der Waals surface area (Å²) in [5.74, 6) is -0.306. The summed E-state index contributed by atoms with van der Waals surface area (Å²) < 4.78 is 0. The van der Waals surface area contributed by atoms with Crippen molar-refractivity contribution in [1.29, 1.82) is 0 Å². The van der Waals surface area contributed by atoms with Gasteiger partial charge in [0.1, 0.15) is 0 Å². The number of fused-ring (bicyclic) bond motifs is 1. The molecule has 3 heteroatoms. The molecule has 1 aromatic rings. The van der Waals surface area contributed by atoms with E-state index in [2.05, 4.69) is 37.4 Å². The third-order valence-corrected chi connectivity index (χ3v) is 3.75. The maximum absolute atomic E-state index is 10.7. The molecule has 0 fully saturated rings. The molecule has 0 unspecified atom stereocenters. The van der Waals surface area contributed by atoms with Gasteiger partial charge in [0.25, 0.3) is 0 Å². The van der Waals surface area contributed by atoms with Crippen molar-refractivity contribution in [3.63, 3.8) is 0 Å². The Morgan fingerprint density at radius 3 is 2.78 bits per heavy atom. The quantitative estimate of drug-likeness (QED) is 0.828. The van der Waals surface area contributed by atoms with Crippen molar-refractivity contribution in [3.8, 4) is 0 Å². The van der Waals surface area contributed by atoms with E-state index in [1.807, 2.05) is 0 Å². The average Bonchev–Trinajstić information content (AvgIpc) is 2.74. The number of primary amides is 1. The lowest BCUT2D eigenvalue weighted by atomic mass is 9.83.